The van der Waals surface area contributed by atoms with Crippen molar-refractivity contribution in [3.05, 3.63) is 50.4 Å². The molecule has 1 heterocycles. The van der Waals surface area contributed by atoms with Crippen LogP contribution in [-0.2, 0) is 0 Å². The smallest absolute Gasteiger partial charge is 0.357 e. The van der Waals surface area contributed by atoms with Crippen molar-refractivity contribution in [1.29, 1.82) is 0 Å². The second-order valence-electron chi connectivity index (χ2n) is 4.70. The van der Waals surface area contributed by atoms with Crippen molar-refractivity contribution in [3.63, 3.8) is 0 Å². The topological polar surface area (TPSA) is 80.9 Å². The number of halogens is 5. The van der Waals surface area contributed by atoms with Crippen molar-refractivity contribution in [3.8, 4) is 5.69 Å². The van der Waals surface area contributed by atoms with Crippen LogP contribution in [0.3, 0.4) is 0 Å². The summed E-state index contributed by atoms with van der Waals surface area (Å²) in [7, 11) is 0. The van der Waals surface area contributed by atoms with Gasteiger partial charge in [0.25, 0.3) is 5.56 Å². The molecule has 2 rings (SSSR count). The summed E-state index contributed by atoms with van der Waals surface area (Å²) >= 11 is -0.752. The molecule has 5 nitrogen and oxygen atoms in total. The normalized spacial score (nSPS) is 12.0. The zero-order valence-corrected chi connectivity index (χ0v) is 12.8. The van der Waals surface area contributed by atoms with Crippen LogP contribution in [0.25, 0.3) is 5.69 Å². The Bertz CT molecular complexity index is 894. The summed E-state index contributed by atoms with van der Waals surface area (Å²) in [6.07, 6.45) is -4.05. The van der Waals surface area contributed by atoms with Gasteiger partial charge in [-0.05, 0) is 42.4 Å². The summed E-state index contributed by atoms with van der Waals surface area (Å²) in [5, 5.41) is -4.58. The highest BCUT2D eigenvalue weighted by molar-refractivity contribution is 8.00. The number of hydrogen-bond donors (Lipinski definition) is 2. The highest BCUT2D eigenvalue weighted by Gasteiger charge is 2.43. The Morgan fingerprint density at radius 1 is 1.29 bits per heavy atom. The summed E-state index contributed by atoms with van der Waals surface area (Å²) in [6.45, 7) is 1.41. The van der Waals surface area contributed by atoms with Gasteiger partial charge in [0.1, 0.15) is 16.5 Å². The molecule has 0 saturated carbocycles. The van der Waals surface area contributed by atoms with E-state index in [0.717, 1.165) is 18.2 Å². The molecule has 11 heteroatoms. The number of rotatable bonds is 4. The third-order valence-corrected chi connectivity index (χ3v) is 4.04. The van der Waals surface area contributed by atoms with Gasteiger partial charge in [0.2, 0.25) is 0 Å². The molecule has 0 aliphatic carbocycles. The first-order valence-corrected chi connectivity index (χ1v) is 7.12. The highest BCUT2D eigenvalue weighted by Crippen LogP contribution is 2.41. The summed E-state index contributed by atoms with van der Waals surface area (Å²) in [5.41, 5.74) is 3.42. The molecule has 0 aliphatic heterocycles. The number of aromatic nitrogens is 2. The lowest BCUT2D eigenvalue weighted by molar-refractivity contribution is -0.0563. The zero-order valence-electron chi connectivity index (χ0n) is 11.9. The Hall–Kier alpha value is -2.30. The number of nitrogens with two attached hydrogens (primary N) is 1. The van der Waals surface area contributed by atoms with Gasteiger partial charge >= 0.3 is 17.4 Å². The molecule has 0 radical (unpaired) electrons. The Labute approximate surface area is 135 Å². The maximum absolute atomic E-state index is 13.2. The van der Waals surface area contributed by atoms with E-state index in [2.05, 4.69) is 0 Å². The van der Waals surface area contributed by atoms with Crippen molar-refractivity contribution >= 4 is 17.6 Å². The Morgan fingerprint density at radius 3 is 2.46 bits per heavy atom. The van der Waals surface area contributed by atoms with Crippen LogP contribution in [0.5, 0.6) is 0 Å². The molecule has 0 fully saturated rings. The van der Waals surface area contributed by atoms with Gasteiger partial charge in [-0.15, -0.1) is 0 Å². The van der Waals surface area contributed by atoms with E-state index in [1.54, 1.807) is 4.98 Å². The number of benzene rings is 1. The molecule has 0 saturated heterocycles. The Morgan fingerprint density at radius 2 is 1.92 bits per heavy atom. The standard InChI is InChI=1S/C13H10F5N3O2S/c1-5-4-6(14)2-3-7(5)21-9(19)8(10(22)20-12(21)23)24-13(17,18)11(15)16/h2-4,11H,19H2,1H3,(H,20,22,23). The fourth-order valence-corrected chi connectivity index (χ4v) is 2.63. The zero-order chi connectivity index (χ0) is 18.2. The van der Waals surface area contributed by atoms with E-state index >= 15 is 0 Å². The number of aromatic amines is 1. The van der Waals surface area contributed by atoms with E-state index in [1.807, 2.05) is 0 Å². The lowest BCUT2D eigenvalue weighted by atomic mass is 10.2. The van der Waals surface area contributed by atoms with Crippen LogP contribution in [0.1, 0.15) is 5.56 Å². The van der Waals surface area contributed by atoms with Crippen LogP contribution in [0.4, 0.5) is 27.8 Å². The molecular weight excluding hydrogens is 357 g/mol. The number of alkyl halides is 4. The molecule has 0 amide bonds. The fraction of sp³-hybridized carbons (Fsp3) is 0.231. The number of nitrogens with zero attached hydrogens (tertiary/aromatic N) is 1. The minimum Gasteiger partial charge on any atom is -0.384 e. The minimum atomic E-state index is -4.58. The van der Waals surface area contributed by atoms with Crippen LogP contribution < -0.4 is 17.0 Å². The van der Waals surface area contributed by atoms with Crippen molar-refractivity contribution < 1.29 is 22.0 Å². The highest BCUT2D eigenvalue weighted by atomic mass is 32.2. The number of thioether (sulfide) groups is 1. The predicted octanol–water partition coefficient (Wildman–Crippen LogP) is 2.51. The van der Waals surface area contributed by atoms with Crippen molar-refractivity contribution in [2.75, 3.05) is 5.73 Å². The number of H-pyrrole nitrogens is 1. The van der Waals surface area contributed by atoms with Crippen LogP contribution in [0.2, 0.25) is 0 Å². The molecule has 0 bridgehead atoms. The van der Waals surface area contributed by atoms with Gasteiger partial charge in [-0.3, -0.25) is 9.78 Å². The molecule has 0 spiro atoms. The lowest BCUT2D eigenvalue weighted by Gasteiger charge is -2.17. The average Bonchev–Trinajstić information content (AvgIpc) is 2.45. The maximum Gasteiger partial charge on any atom is 0.357 e. The van der Waals surface area contributed by atoms with Gasteiger partial charge in [-0.25, -0.2) is 22.5 Å². The molecular formula is C13H10F5N3O2S. The van der Waals surface area contributed by atoms with E-state index in [9.17, 15) is 31.5 Å². The van der Waals surface area contributed by atoms with Gasteiger partial charge in [0, 0.05) is 0 Å². The largest absolute Gasteiger partial charge is 0.384 e. The number of nitrogen functional groups attached to an aromatic ring is 1. The first kappa shape index (κ1) is 18.0. The molecule has 0 atom stereocenters. The van der Waals surface area contributed by atoms with Crippen molar-refractivity contribution in [2.24, 2.45) is 0 Å². The summed E-state index contributed by atoms with van der Waals surface area (Å²) in [6, 6.07) is 3.17. The van der Waals surface area contributed by atoms with Crippen molar-refractivity contribution in [2.45, 2.75) is 23.5 Å². The molecule has 0 unspecified atom stereocenters. The third kappa shape index (κ3) is 3.30. The molecule has 2 aromatic rings. The monoisotopic (exact) mass is 367 g/mol. The number of hydrogen-bond acceptors (Lipinski definition) is 4. The number of aryl methyl sites for hydroxylation is 1. The van der Waals surface area contributed by atoms with Gasteiger partial charge in [0.05, 0.1) is 5.69 Å². The second-order valence-corrected chi connectivity index (χ2v) is 5.86. The summed E-state index contributed by atoms with van der Waals surface area (Å²) in [4.78, 5) is 24.4. The first-order valence-electron chi connectivity index (χ1n) is 6.31. The fourth-order valence-electron chi connectivity index (χ4n) is 1.93. The maximum atomic E-state index is 13.2. The van der Waals surface area contributed by atoms with Gasteiger partial charge in [0.15, 0.2) is 0 Å². The van der Waals surface area contributed by atoms with Crippen LogP contribution >= 0.6 is 11.8 Å². The van der Waals surface area contributed by atoms with E-state index in [1.165, 1.54) is 6.92 Å². The SMILES string of the molecule is Cc1cc(F)ccc1-n1c(N)c(SC(F)(F)C(F)F)c(=O)[nH]c1=O. The number of anilines is 1. The second kappa shape index (κ2) is 6.30. The van der Waals surface area contributed by atoms with Crippen LogP contribution in [-0.4, -0.2) is 21.2 Å². The Balaban J connectivity index is 2.69. The summed E-state index contributed by atoms with van der Waals surface area (Å²) < 4.78 is 64.9. The van der Waals surface area contributed by atoms with E-state index in [-0.39, 0.29) is 11.3 Å². The van der Waals surface area contributed by atoms with Gasteiger partial charge < -0.3 is 5.73 Å². The molecule has 0 aliphatic rings. The minimum absolute atomic E-state index is 0.0114. The van der Waals surface area contributed by atoms with Crippen LogP contribution in [0, 0.1) is 12.7 Å². The average molecular weight is 367 g/mol. The summed E-state index contributed by atoms with van der Waals surface area (Å²) in [5.74, 6) is -1.37. The van der Waals surface area contributed by atoms with Crippen LogP contribution in [0.15, 0.2) is 32.7 Å². The quantitative estimate of drug-likeness (QED) is 0.643. The number of nitrogens with one attached hydrogen (secondary N) is 1. The van der Waals surface area contributed by atoms with E-state index < -0.39 is 51.2 Å². The molecule has 1 aromatic heterocycles. The molecule has 24 heavy (non-hydrogen) atoms. The van der Waals surface area contributed by atoms with E-state index in [4.69, 9.17) is 5.73 Å². The Kier molecular flexibility index (Phi) is 4.74. The third-order valence-electron chi connectivity index (χ3n) is 3.00. The van der Waals surface area contributed by atoms with Crippen molar-refractivity contribution in [1.82, 2.24) is 9.55 Å². The molecule has 1 aromatic carbocycles. The van der Waals surface area contributed by atoms with Gasteiger partial charge in [-0.1, -0.05) is 0 Å². The lowest BCUT2D eigenvalue weighted by Crippen LogP contribution is -2.34. The predicted molar refractivity (Wildman–Crippen MR) is 78.6 cm³/mol. The first-order chi connectivity index (χ1) is 11.0. The molecule has 3 N–H and O–H groups in total. The van der Waals surface area contributed by atoms with E-state index in [0.29, 0.717) is 4.57 Å². The molecule has 130 valence electrons. The van der Waals surface area contributed by atoms with Gasteiger partial charge in [-0.2, -0.15) is 8.78 Å².